The molecule has 3 N–H and O–H groups in total. The van der Waals surface area contributed by atoms with Crippen molar-refractivity contribution in [3.05, 3.63) is 23.8 Å². The molecule has 1 atom stereocenters. The maximum absolute atomic E-state index is 11.8. The van der Waals surface area contributed by atoms with E-state index >= 15 is 0 Å². The van der Waals surface area contributed by atoms with Gasteiger partial charge in [0.25, 0.3) is 0 Å². The number of benzene rings is 1. The first-order valence-electron chi connectivity index (χ1n) is 5.48. The Bertz CT molecular complexity index is 417. The van der Waals surface area contributed by atoms with E-state index in [0.29, 0.717) is 13.0 Å². The van der Waals surface area contributed by atoms with Gasteiger partial charge in [-0.2, -0.15) is 0 Å². The van der Waals surface area contributed by atoms with Crippen LogP contribution in [0.25, 0.3) is 0 Å². The molecule has 0 spiro atoms. The minimum atomic E-state index is -0.153. The van der Waals surface area contributed by atoms with Crippen molar-refractivity contribution in [3.63, 3.8) is 0 Å². The van der Waals surface area contributed by atoms with E-state index in [-0.39, 0.29) is 11.9 Å². The Balaban J connectivity index is 2.38. The molecular formula is C12H17N3O. The van der Waals surface area contributed by atoms with Crippen LogP contribution in [0.15, 0.2) is 18.2 Å². The van der Waals surface area contributed by atoms with Gasteiger partial charge in [-0.25, -0.2) is 0 Å². The molecule has 2 rings (SSSR count). The van der Waals surface area contributed by atoms with Gasteiger partial charge in [-0.15, -0.1) is 0 Å². The SMILES string of the molecule is Cc1ccc2c(c1)N(C)C(CCN)C(=O)N2. The molecular weight excluding hydrogens is 202 g/mol. The Kier molecular flexibility index (Phi) is 2.83. The summed E-state index contributed by atoms with van der Waals surface area (Å²) in [7, 11) is 1.94. The molecule has 1 unspecified atom stereocenters. The van der Waals surface area contributed by atoms with Crippen molar-refractivity contribution < 1.29 is 4.79 Å². The van der Waals surface area contributed by atoms with Crippen LogP contribution in [0, 0.1) is 6.92 Å². The first-order valence-corrected chi connectivity index (χ1v) is 5.48. The second-order valence-electron chi connectivity index (χ2n) is 4.21. The fourth-order valence-corrected chi connectivity index (χ4v) is 2.08. The number of anilines is 2. The average molecular weight is 219 g/mol. The number of likely N-dealkylation sites (N-methyl/N-ethyl adjacent to an activating group) is 1. The number of aryl methyl sites for hydroxylation is 1. The number of nitrogens with two attached hydrogens (primary N) is 1. The maximum atomic E-state index is 11.8. The highest BCUT2D eigenvalue weighted by atomic mass is 16.2. The molecule has 0 radical (unpaired) electrons. The van der Waals surface area contributed by atoms with Crippen LogP contribution in [-0.4, -0.2) is 25.5 Å². The van der Waals surface area contributed by atoms with Crippen LogP contribution in [0.2, 0.25) is 0 Å². The molecule has 1 heterocycles. The Morgan fingerprint density at radius 2 is 2.25 bits per heavy atom. The van der Waals surface area contributed by atoms with Crippen molar-refractivity contribution in [2.45, 2.75) is 19.4 Å². The van der Waals surface area contributed by atoms with Crippen LogP contribution in [0.1, 0.15) is 12.0 Å². The minimum absolute atomic E-state index is 0.0318. The van der Waals surface area contributed by atoms with Crippen molar-refractivity contribution in [1.29, 1.82) is 0 Å². The van der Waals surface area contributed by atoms with Crippen molar-refractivity contribution >= 4 is 17.3 Å². The Hall–Kier alpha value is -1.55. The van der Waals surface area contributed by atoms with E-state index in [1.807, 2.05) is 31.0 Å². The smallest absolute Gasteiger partial charge is 0.247 e. The van der Waals surface area contributed by atoms with Gasteiger partial charge in [-0.3, -0.25) is 4.79 Å². The number of amides is 1. The summed E-state index contributed by atoms with van der Waals surface area (Å²) >= 11 is 0. The molecule has 1 aromatic carbocycles. The van der Waals surface area contributed by atoms with E-state index in [9.17, 15) is 4.79 Å². The minimum Gasteiger partial charge on any atom is -0.361 e. The van der Waals surface area contributed by atoms with Crippen molar-refractivity contribution in [2.75, 3.05) is 23.8 Å². The second kappa shape index (κ2) is 4.14. The summed E-state index contributed by atoms with van der Waals surface area (Å²) in [4.78, 5) is 13.8. The number of nitrogens with one attached hydrogen (secondary N) is 1. The number of hydrogen-bond donors (Lipinski definition) is 2. The summed E-state index contributed by atoms with van der Waals surface area (Å²) in [5, 5.41) is 2.92. The zero-order chi connectivity index (χ0) is 11.7. The van der Waals surface area contributed by atoms with Crippen LogP contribution in [0.3, 0.4) is 0 Å². The van der Waals surface area contributed by atoms with E-state index < -0.39 is 0 Å². The molecule has 1 amide bonds. The molecule has 0 aromatic heterocycles. The molecule has 0 aliphatic carbocycles. The normalized spacial score (nSPS) is 19.3. The molecule has 0 saturated carbocycles. The Morgan fingerprint density at radius 3 is 2.94 bits per heavy atom. The molecule has 1 aliphatic heterocycles. The molecule has 0 bridgehead atoms. The number of hydrogen-bond acceptors (Lipinski definition) is 3. The first kappa shape index (κ1) is 11.0. The van der Waals surface area contributed by atoms with Crippen molar-refractivity contribution in [1.82, 2.24) is 0 Å². The van der Waals surface area contributed by atoms with Crippen LogP contribution in [0.5, 0.6) is 0 Å². The topological polar surface area (TPSA) is 58.4 Å². The van der Waals surface area contributed by atoms with Crippen molar-refractivity contribution in [3.8, 4) is 0 Å². The van der Waals surface area contributed by atoms with Gasteiger partial charge in [0.15, 0.2) is 0 Å². The molecule has 1 aliphatic rings. The molecule has 16 heavy (non-hydrogen) atoms. The molecule has 4 nitrogen and oxygen atoms in total. The van der Waals surface area contributed by atoms with E-state index in [0.717, 1.165) is 11.4 Å². The van der Waals surface area contributed by atoms with E-state index in [2.05, 4.69) is 11.4 Å². The van der Waals surface area contributed by atoms with Gasteiger partial charge < -0.3 is 16.0 Å². The molecule has 86 valence electrons. The third-order valence-corrected chi connectivity index (χ3v) is 3.00. The van der Waals surface area contributed by atoms with Crippen LogP contribution in [0.4, 0.5) is 11.4 Å². The van der Waals surface area contributed by atoms with Crippen LogP contribution in [-0.2, 0) is 4.79 Å². The lowest BCUT2D eigenvalue weighted by molar-refractivity contribution is -0.117. The Morgan fingerprint density at radius 1 is 1.50 bits per heavy atom. The predicted octanol–water partition coefficient (Wildman–Crippen LogP) is 1.10. The number of fused-ring (bicyclic) bond motifs is 1. The molecule has 0 saturated heterocycles. The highest BCUT2D eigenvalue weighted by Crippen LogP contribution is 2.32. The van der Waals surface area contributed by atoms with Gasteiger partial charge in [0, 0.05) is 7.05 Å². The largest absolute Gasteiger partial charge is 0.361 e. The summed E-state index contributed by atoms with van der Waals surface area (Å²) in [6.45, 7) is 2.56. The molecule has 0 fully saturated rings. The third-order valence-electron chi connectivity index (χ3n) is 3.00. The maximum Gasteiger partial charge on any atom is 0.247 e. The standard InChI is InChI=1S/C12H17N3O/c1-8-3-4-9-11(7-8)15(2)10(5-6-13)12(16)14-9/h3-4,7,10H,5-6,13H2,1-2H3,(H,14,16). The average Bonchev–Trinajstić information content (AvgIpc) is 2.26. The lowest BCUT2D eigenvalue weighted by atomic mass is 10.0. The van der Waals surface area contributed by atoms with E-state index in [4.69, 9.17) is 5.73 Å². The Labute approximate surface area is 95.4 Å². The number of nitrogens with zero attached hydrogens (tertiary/aromatic N) is 1. The van der Waals surface area contributed by atoms with Gasteiger partial charge in [-0.1, -0.05) is 6.07 Å². The molecule has 4 heteroatoms. The monoisotopic (exact) mass is 219 g/mol. The van der Waals surface area contributed by atoms with Gasteiger partial charge >= 0.3 is 0 Å². The van der Waals surface area contributed by atoms with Crippen molar-refractivity contribution in [2.24, 2.45) is 5.73 Å². The number of carbonyl (C=O) groups excluding carboxylic acids is 1. The summed E-state index contributed by atoms with van der Waals surface area (Å²) in [5.41, 5.74) is 8.66. The van der Waals surface area contributed by atoms with Gasteiger partial charge in [0.05, 0.1) is 11.4 Å². The summed E-state index contributed by atoms with van der Waals surface area (Å²) in [6, 6.07) is 5.87. The summed E-state index contributed by atoms with van der Waals surface area (Å²) in [6.07, 6.45) is 0.676. The number of carbonyl (C=O) groups is 1. The lowest BCUT2D eigenvalue weighted by Gasteiger charge is -2.35. The zero-order valence-electron chi connectivity index (χ0n) is 9.66. The van der Waals surface area contributed by atoms with Crippen LogP contribution < -0.4 is 16.0 Å². The van der Waals surface area contributed by atoms with E-state index in [1.54, 1.807) is 0 Å². The quantitative estimate of drug-likeness (QED) is 0.783. The zero-order valence-corrected chi connectivity index (χ0v) is 9.66. The van der Waals surface area contributed by atoms with E-state index in [1.165, 1.54) is 5.56 Å². The van der Waals surface area contributed by atoms with Gasteiger partial charge in [0.1, 0.15) is 6.04 Å². The highest BCUT2D eigenvalue weighted by Gasteiger charge is 2.29. The van der Waals surface area contributed by atoms with Gasteiger partial charge in [-0.05, 0) is 37.6 Å². The first-order chi connectivity index (χ1) is 7.63. The predicted molar refractivity (Wildman–Crippen MR) is 65.7 cm³/mol. The summed E-state index contributed by atoms with van der Waals surface area (Å²) < 4.78 is 0. The number of rotatable bonds is 2. The lowest BCUT2D eigenvalue weighted by Crippen LogP contribution is -2.47. The fourth-order valence-electron chi connectivity index (χ4n) is 2.08. The molecule has 1 aromatic rings. The second-order valence-corrected chi connectivity index (χ2v) is 4.21. The fraction of sp³-hybridized carbons (Fsp3) is 0.417. The van der Waals surface area contributed by atoms with Gasteiger partial charge in [0.2, 0.25) is 5.91 Å². The summed E-state index contributed by atoms with van der Waals surface area (Å²) in [5.74, 6) is 0.0318. The third kappa shape index (κ3) is 1.76. The highest BCUT2D eigenvalue weighted by molar-refractivity contribution is 6.03. The van der Waals surface area contributed by atoms with Crippen LogP contribution >= 0.6 is 0 Å².